The van der Waals surface area contributed by atoms with Gasteiger partial charge in [-0.25, -0.2) is 4.39 Å². The van der Waals surface area contributed by atoms with Crippen LogP contribution in [0.25, 0.3) is 16.7 Å². The molecule has 1 saturated carbocycles. The summed E-state index contributed by atoms with van der Waals surface area (Å²) < 4.78 is 13.4. The lowest BCUT2D eigenvalue weighted by molar-refractivity contribution is -0.141. The Morgan fingerprint density at radius 1 is 1.00 bits per heavy atom. The molecule has 31 heavy (non-hydrogen) atoms. The van der Waals surface area contributed by atoms with Gasteiger partial charge in [-0.3, -0.25) is 9.59 Å². The Bertz CT molecular complexity index is 1190. The number of aliphatic hydroxyl groups is 1. The number of hydrogen-bond acceptors (Lipinski definition) is 3. The maximum Gasteiger partial charge on any atom is 0.295 e. The first kappa shape index (κ1) is 19.5. The topological polar surface area (TPSA) is 73.4 Å². The number of halogens is 1. The summed E-state index contributed by atoms with van der Waals surface area (Å²) in [5, 5.41) is 12.0. The van der Waals surface area contributed by atoms with E-state index in [9.17, 15) is 19.1 Å². The standard InChI is InChI=1S/C25H23FN2O3/c26-16-12-10-15(11-13-16)23(29)21-22(19-14-27-20-9-5-4-8-18(19)20)28(25(31)24(21)30)17-6-2-1-3-7-17/h4-5,8-14,17,22,27,29H,1-3,6-7H2/b23-21+. The van der Waals surface area contributed by atoms with Crippen molar-refractivity contribution in [3.8, 4) is 0 Å². The molecule has 1 saturated heterocycles. The van der Waals surface area contributed by atoms with Crippen LogP contribution in [0.2, 0.25) is 0 Å². The highest BCUT2D eigenvalue weighted by atomic mass is 19.1. The van der Waals surface area contributed by atoms with E-state index in [-0.39, 0.29) is 17.4 Å². The Morgan fingerprint density at radius 3 is 2.45 bits per heavy atom. The van der Waals surface area contributed by atoms with Crippen molar-refractivity contribution in [3.63, 3.8) is 0 Å². The van der Waals surface area contributed by atoms with E-state index in [0.29, 0.717) is 5.56 Å². The van der Waals surface area contributed by atoms with Crippen LogP contribution in [0.3, 0.4) is 0 Å². The van der Waals surface area contributed by atoms with Crippen LogP contribution in [0.1, 0.15) is 49.3 Å². The van der Waals surface area contributed by atoms with Crippen LogP contribution in [0.15, 0.2) is 60.3 Å². The molecule has 1 unspecified atom stereocenters. The van der Waals surface area contributed by atoms with Crippen LogP contribution in [0.5, 0.6) is 0 Å². The summed E-state index contributed by atoms with van der Waals surface area (Å²) in [6.07, 6.45) is 6.62. The summed E-state index contributed by atoms with van der Waals surface area (Å²) in [6, 6.07) is 12.3. The van der Waals surface area contributed by atoms with Gasteiger partial charge in [-0.1, -0.05) is 37.5 Å². The molecular formula is C25H23FN2O3. The lowest BCUT2D eigenvalue weighted by atomic mass is 9.91. The van der Waals surface area contributed by atoms with Gasteiger partial charge in [0.05, 0.1) is 11.6 Å². The number of fused-ring (bicyclic) bond motifs is 1. The smallest absolute Gasteiger partial charge is 0.295 e. The van der Waals surface area contributed by atoms with E-state index in [1.165, 1.54) is 24.3 Å². The number of rotatable bonds is 3. The van der Waals surface area contributed by atoms with Gasteiger partial charge in [-0.05, 0) is 43.2 Å². The maximum absolute atomic E-state index is 13.4. The number of benzene rings is 2. The number of aromatic amines is 1. The Kier molecular flexibility index (Phi) is 4.85. The molecular weight excluding hydrogens is 395 g/mol. The monoisotopic (exact) mass is 418 g/mol. The Morgan fingerprint density at radius 2 is 1.71 bits per heavy atom. The van der Waals surface area contributed by atoms with Crippen molar-refractivity contribution in [3.05, 3.63) is 77.2 Å². The summed E-state index contributed by atoms with van der Waals surface area (Å²) in [7, 11) is 0. The molecule has 2 aliphatic rings. The van der Waals surface area contributed by atoms with Crippen molar-refractivity contribution in [2.45, 2.75) is 44.2 Å². The Hall–Kier alpha value is -3.41. The van der Waals surface area contributed by atoms with Crippen LogP contribution in [-0.2, 0) is 9.59 Å². The number of nitrogens with one attached hydrogen (secondary N) is 1. The molecule has 6 heteroatoms. The van der Waals surface area contributed by atoms with Crippen LogP contribution in [0.4, 0.5) is 4.39 Å². The average molecular weight is 418 g/mol. The SMILES string of the molecule is O=C1C(=O)N(C2CCCCC2)C(c2c[nH]c3ccccc23)/C1=C(\O)c1ccc(F)cc1. The quantitative estimate of drug-likeness (QED) is 0.355. The molecule has 158 valence electrons. The van der Waals surface area contributed by atoms with E-state index in [4.69, 9.17) is 0 Å². The molecule has 0 bridgehead atoms. The zero-order valence-corrected chi connectivity index (χ0v) is 17.0. The van der Waals surface area contributed by atoms with Gasteiger partial charge in [-0.15, -0.1) is 0 Å². The summed E-state index contributed by atoms with van der Waals surface area (Å²) >= 11 is 0. The fourth-order valence-electron chi connectivity index (χ4n) is 4.97. The van der Waals surface area contributed by atoms with Crippen LogP contribution in [-0.4, -0.2) is 32.7 Å². The van der Waals surface area contributed by atoms with E-state index < -0.39 is 23.5 Å². The Balaban J connectivity index is 1.71. The number of ketones is 1. The first-order chi connectivity index (χ1) is 15.1. The van der Waals surface area contributed by atoms with Gasteiger partial charge in [0.15, 0.2) is 0 Å². The van der Waals surface area contributed by atoms with Gasteiger partial charge in [-0.2, -0.15) is 0 Å². The highest BCUT2D eigenvalue weighted by molar-refractivity contribution is 6.46. The third kappa shape index (κ3) is 3.23. The number of Topliss-reactive ketones (excluding diaryl/α,β-unsaturated/α-hetero) is 1. The minimum atomic E-state index is -0.692. The van der Waals surface area contributed by atoms with Crippen molar-refractivity contribution in [2.75, 3.05) is 0 Å². The largest absolute Gasteiger partial charge is 0.507 e. The van der Waals surface area contributed by atoms with Gasteiger partial charge in [0, 0.05) is 34.3 Å². The third-order valence-corrected chi connectivity index (χ3v) is 6.48. The number of para-hydroxylation sites is 1. The molecule has 0 radical (unpaired) electrons. The van der Waals surface area contributed by atoms with Crippen molar-refractivity contribution in [1.29, 1.82) is 0 Å². The molecule has 2 fully saturated rings. The van der Waals surface area contributed by atoms with Crippen molar-refractivity contribution >= 4 is 28.4 Å². The van der Waals surface area contributed by atoms with Crippen LogP contribution < -0.4 is 0 Å². The lowest BCUT2D eigenvalue weighted by Gasteiger charge is -2.35. The fraction of sp³-hybridized carbons (Fsp3) is 0.280. The summed E-state index contributed by atoms with van der Waals surface area (Å²) in [5.41, 5.74) is 2.05. The maximum atomic E-state index is 13.4. The molecule has 0 spiro atoms. The highest BCUT2D eigenvalue weighted by Gasteiger charge is 2.49. The summed E-state index contributed by atoms with van der Waals surface area (Å²) in [5.74, 6) is -1.98. The molecule has 2 aromatic carbocycles. The summed E-state index contributed by atoms with van der Waals surface area (Å²) in [6.45, 7) is 0. The van der Waals surface area contributed by atoms with E-state index in [2.05, 4.69) is 4.98 Å². The van der Waals surface area contributed by atoms with Crippen LogP contribution in [0, 0.1) is 5.82 Å². The highest BCUT2D eigenvalue weighted by Crippen LogP contribution is 2.44. The van der Waals surface area contributed by atoms with Crippen molar-refractivity contribution in [2.24, 2.45) is 0 Å². The minimum absolute atomic E-state index is 0.0534. The molecule has 1 aliphatic carbocycles. The van der Waals surface area contributed by atoms with Gasteiger partial charge in [0.25, 0.3) is 11.7 Å². The third-order valence-electron chi connectivity index (χ3n) is 6.48. The van der Waals surface area contributed by atoms with E-state index in [1.807, 2.05) is 30.5 Å². The molecule has 5 rings (SSSR count). The van der Waals surface area contributed by atoms with E-state index in [0.717, 1.165) is 48.6 Å². The number of carbonyl (C=O) groups excluding carboxylic acids is 2. The number of aliphatic hydroxyl groups excluding tert-OH is 1. The predicted octanol–water partition coefficient (Wildman–Crippen LogP) is 5.06. The number of H-pyrrole nitrogens is 1. The number of carbonyl (C=O) groups is 2. The summed E-state index contributed by atoms with van der Waals surface area (Å²) in [4.78, 5) is 31.3. The second kappa shape index (κ2) is 7.69. The van der Waals surface area contributed by atoms with E-state index in [1.54, 1.807) is 4.90 Å². The fourth-order valence-corrected chi connectivity index (χ4v) is 4.97. The molecule has 1 aliphatic heterocycles. The molecule has 1 amide bonds. The number of nitrogens with zero attached hydrogens (tertiary/aromatic N) is 1. The van der Waals surface area contributed by atoms with Gasteiger partial charge >= 0.3 is 0 Å². The number of likely N-dealkylation sites (tertiary alicyclic amines) is 1. The Labute approximate surface area is 179 Å². The predicted molar refractivity (Wildman–Crippen MR) is 116 cm³/mol. The van der Waals surface area contributed by atoms with Gasteiger partial charge < -0.3 is 15.0 Å². The molecule has 2 N–H and O–H groups in total. The zero-order chi connectivity index (χ0) is 21.5. The number of aromatic nitrogens is 1. The molecule has 5 nitrogen and oxygen atoms in total. The van der Waals surface area contributed by atoms with E-state index >= 15 is 0 Å². The first-order valence-corrected chi connectivity index (χ1v) is 10.7. The van der Waals surface area contributed by atoms with Crippen molar-refractivity contribution < 1.29 is 19.1 Å². The molecule has 3 aromatic rings. The first-order valence-electron chi connectivity index (χ1n) is 10.7. The van der Waals surface area contributed by atoms with Crippen molar-refractivity contribution in [1.82, 2.24) is 9.88 Å². The molecule has 2 heterocycles. The minimum Gasteiger partial charge on any atom is -0.507 e. The molecule has 1 atom stereocenters. The van der Waals surface area contributed by atoms with Gasteiger partial charge in [0.2, 0.25) is 0 Å². The normalized spacial score (nSPS) is 21.8. The lowest BCUT2D eigenvalue weighted by Crippen LogP contribution is -2.40. The van der Waals surface area contributed by atoms with Gasteiger partial charge in [0.1, 0.15) is 11.6 Å². The average Bonchev–Trinajstić information content (AvgIpc) is 3.33. The second-order valence-corrected chi connectivity index (χ2v) is 8.29. The zero-order valence-electron chi connectivity index (χ0n) is 17.0. The number of amides is 1. The van der Waals surface area contributed by atoms with Crippen LogP contribution >= 0.6 is 0 Å². The number of hydrogen-bond donors (Lipinski definition) is 2. The molecule has 1 aromatic heterocycles. The second-order valence-electron chi connectivity index (χ2n) is 8.29.